The molecule has 24 heavy (non-hydrogen) atoms. The molecule has 0 atom stereocenters. The Balaban J connectivity index is 2.11. The number of anilines is 2. The van der Waals surface area contributed by atoms with Crippen molar-refractivity contribution in [2.75, 3.05) is 15.8 Å². The van der Waals surface area contributed by atoms with Crippen LogP contribution in [0.5, 0.6) is 0 Å². The van der Waals surface area contributed by atoms with Gasteiger partial charge >= 0.3 is 0 Å². The van der Waals surface area contributed by atoms with Crippen molar-refractivity contribution >= 4 is 60.6 Å². The van der Waals surface area contributed by atoms with Gasteiger partial charge in [0, 0.05) is 5.41 Å². The maximum absolute atomic E-state index is 12.3. The van der Waals surface area contributed by atoms with Crippen LogP contribution in [0.25, 0.3) is 0 Å². The van der Waals surface area contributed by atoms with Gasteiger partial charge in [-0.15, -0.1) is 20.4 Å². The summed E-state index contributed by atoms with van der Waals surface area (Å²) in [6, 6.07) is 0. The Hall–Kier alpha value is -1.31. The van der Waals surface area contributed by atoms with Crippen LogP contribution in [0.3, 0.4) is 0 Å². The van der Waals surface area contributed by atoms with E-state index < -0.39 is 15.4 Å². The summed E-state index contributed by atoms with van der Waals surface area (Å²) in [6.07, 6.45) is 0. The van der Waals surface area contributed by atoms with Crippen LogP contribution in [0.4, 0.5) is 10.3 Å². The number of rotatable bonds is 6. The lowest BCUT2D eigenvalue weighted by atomic mass is 9.96. The molecular formula is C11H16N6O3S4. The molecule has 0 aromatic carbocycles. The SMILES string of the molecule is CCSc1nnc(NS(=O)(=O)c2nnc(NC(=O)C(C)(C)C)s2)s1. The van der Waals surface area contributed by atoms with Crippen molar-refractivity contribution in [2.24, 2.45) is 5.41 Å². The first-order valence-corrected chi connectivity index (χ1v) is 10.9. The molecule has 2 aromatic rings. The summed E-state index contributed by atoms with van der Waals surface area (Å²) in [5, 5.41) is 17.8. The third kappa shape index (κ3) is 4.84. The number of carbonyl (C=O) groups excluding carboxylic acids is 1. The highest BCUT2D eigenvalue weighted by molar-refractivity contribution is 8.01. The van der Waals surface area contributed by atoms with E-state index in [9.17, 15) is 13.2 Å². The molecule has 2 heterocycles. The summed E-state index contributed by atoms with van der Waals surface area (Å²) < 4.78 is 27.3. The topological polar surface area (TPSA) is 127 Å². The molecule has 2 aromatic heterocycles. The summed E-state index contributed by atoms with van der Waals surface area (Å²) in [7, 11) is -3.92. The minimum absolute atomic E-state index is 0.120. The normalized spacial score (nSPS) is 12.2. The zero-order valence-corrected chi connectivity index (χ0v) is 16.6. The fraction of sp³-hybridized carbons (Fsp3) is 0.545. The molecule has 0 radical (unpaired) electrons. The molecule has 0 aliphatic carbocycles. The molecule has 0 unspecified atom stereocenters. The molecule has 0 bridgehead atoms. The second-order valence-corrected chi connectivity index (χ2v) is 10.8. The molecule has 1 amide bonds. The summed E-state index contributed by atoms with van der Waals surface area (Å²) in [5.41, 5.74) is -0.622. The summed E-state index contributed by atoms with van der Waals surface area (Å²) >= 11 is 3.37. The average Bonchev–Trinajstić information content (AvgIpc) is 3.08. The van der Waals surface area contributed by atoms with Gasteiger partial charge in [0.1, 0.15) is 0 Å². The molecule has 13 heteroatoms. The first-order chi connectivity index (χ1) is 11.1. The van der Waals surface area contributed by atoms with Gasteiger partial charge in [0.05, 0.1) is 0 Å². The molecule has 0 aliphatic rings. The number of nitrogens with zero attached hydrogens (tertiary/aromatic N) is 4. The molecule has 0 aliphatic heterocycles. The Bertz CT molecular complexity index is 823. The fourth-order valence-electron chi connectivity index (χ4n) is 1.24. The predicted molar refractivity (Wildman–Crippen MR) is 95.1 cm³/mol. The Morgan fingerprint density at radius 2 is 1.79 bits per heavy atom. The molecule has 0 saturated carbocycles. The van der Waals surface area contributed by atoms with Gasteiger partial charge in [-0.2, -0.15) is 8.42 Å². The van der Waals surface area contributed by atoms with E-state index in [1.165, 1.54) is 11.8 Å². The van der Waals surface area contributed by atoms with Gasteiger partial charge in [-0.05, 0) is 5.75 Å². The van der Waals surface area contributed by atoms with Crippen molar-refractivity contribution in [1.29, 1.82) is 0 Å². The van der Waals surface area contributed by atoms with Crippen LogP contribution in [0, 0.1) is 5.41 Å². The van der Waals surface area contributed by atoms with E-state index in [2.05, 4.69) is 30.4 Å². The highest BCUT2D eigenvalue weighted by Gasteiger charge is 2.26. The maximum Gasteiger partial charge on any atom is 0.293 e. The third-order valence-corrected chi connectivity index (χ3v) is 6.96. The Morgan fingerprint density at radius 1 is 1.12 bits per heavy atom. The number of sulfonamides is 1. The van der Waals surface area contributed by atoms with Crippen molar-refractivity contribution in [2.45, 2.75) is 36.4 Å². The Kier molecular flexibility index (Phi) is 5.78. The zero-order chi connectivity index (χ0) is 18.0. The van der Waals surface area contributed by atoms with Crippen molar-refractivity contribution < 1.29 is 13.2 Å². The van der Waals surface area contributed by atoms with E-state index in [-0.39, 0.29) is 20.5 Å². The lowest BCUT2D eigenvalue weighted by molar-refractivity contribution is -0.123. The smallest absolute Gasteiger partial charge is 0.293 e. The first-order valence-electron chi connectivity index (χ1n) is 6.76. The number of hydrogen-bond acceptors (Lipinski definition) is 10. The van der Waals surface area contributed by atoms with Gasteiger partial charge in [0.15, 0.2) is 4.34 Å². The summed E-state index contributed by atoms with van der Waals surface area (Å²) in [6.45, 7) is 7.18. The van der Waals surface area contributed by atoms with Crippen LogP contribution in [0.15, 0.2) is 8.68 Å². The fourth-order valence-corrected chi connectivity index (χ4v) is 5.02. The van der Waals surface area contributed by atoms with Gasteiger partial charge in [-0.25, -0.2) is 0 Å². The molecule has 2 N–H and O–H groups in total. The minimum atomic E-state index is -3.92. The van der Waals surface area contributed by atoms with Gasteiger partial charge in [-0.1, -0.05) is 62.1 Å². The molecule has 9 nitrogen and oxygen atoms in total. The standard InChI is InChI=1S/C11H16N6O3S4/c1-5-21-9-15-14-8(22-9)17-24(19,20)10-16-13-7(23-10)12-6(18)11(2,3)4/h5H2,1-4H3,(H,14,17)(H,12,13,18). The van der Waals surface area contributed by atoms with Gasteiger partial charge in [0.25, 0.3) is 14.4 Å². The molecule has 0 spiro atoms. The van der Waals surface area contributed by atoms with Crippen LogP contribution in [0.2, 0.25) is 0 Å². The summed E-state index contributed by atoms with van der Waals surface area (Å²) in [4.78, 5) is 11.9. The number of amides is 1. The summed E-state index contributed by atoms with van der Waals surface area (Å²) in [5.74, 6) is 0.537. The molecule has 132 valence electrons. The van der Waals surface area contributed by atoms with Crippen LogP contribution in [0.1, 0.15) is 27.7 Å². The van der Waals surface area contributed by atoms with E-state index in [0.717, 1.165) is 28.4 Å². The van der Waals surface area contributed by atoms with Crippen LogP contribution in [-0.4, -0.2) is 40.5 Å². The van der Waals surface area contributed by atoms with E-state index in [4.69, 9.17) is 0 Å². The monoisotopic (exact) mass is 408 g/mol. The average molecular weight is 409 g/mol. The van der Waals surface area contributed by atoms with Crippen molar-refractivity contribution in [1.82, 2.24) is 20.4 Å². The number of nitrogens with one attached hydrogen (secondary N) is 2. The van der Waals surface area contributed by atoms with Crippen LogP contribution >= 0.6 is 34.4 Å². The Labute approximate surface area is 151 Å². The lowest BCUT2D eigenvalue weighted by Gasteiger charge is -2.15. The number of hydrogen-bond donors (Lipinski definition) is 2. The van der Waals surface area contributed by atoms with Crippen molar-refractivity contribution in [3.05, 3.63) is 0 Å². The van der Waals surface area contributed by atoms with Crippen molar-refractivity contribution in [3.8, 4) is 0 Å². The van der Waals surface area contributed by atoms with E-state index in [0.29, 0.717) is 4.34 Å². The highest BCUT2D eigenvalue weighted by atomic mass is 32.2. The number of aromatic nitrogens is 4. The minimum Gasteiger partial charge on any atom is -0.300 e. The predicted octanol–water partition coefficient (Wildman–Crippen LogP) is 2.29. The highest BCUT2D eigenvalue weighted by Crippen LogP contribution is 2.28. The third-order valence-electron chi connectivity index (χ3n) is 2.43. The van der Waals surface area contributed by atoms with E-state index in [1.807, 2.05) is 6.92 Å². The van der Waals surface area contributed by atoms with Gasteiger partial charge in [-0.3, -0.25) is 9.52 Å². The molecule has 0 fully saturated rings. The molecule has 2 rings (SSSR count). The second-order valence-electron chi connectivity index (χ2n) is 5.49. The Morgan fingerprint density at radius 3 is 2.42 bits per heavy atom. The van der Waals surface area contributed by atoms with E-state index >= 15 is 0 Å². The largest absolute Gasteiger partial charge is 0.300 e. The molecular weight excluding hydrogens is 392 g/mol. The maximum atomic E-state index is 12.3. The number of carbonyl (C=O) groups is 1. The van der Waals surface area contributed by atoms with Crippen LogP contribution in [-0.2, 0) is 14.8 Å². The lowest BCUT2D eigenvalue weighted by Crippen LogP contribution is -2.27. The van der Waals surface area contributed by atoms with Crippen LogP contribution < -0.4 is 10.0 Å². The second kappa shape index (κ2) is 7.29. The number of thioether (sulfide) groups is 1. The zero-order valence-electron chi connectivity index (χ0n) is 13.4. The van der Waals surface area contributed by atoms with E-state index in [1.54, 1.807) is 20.8 Å². The van der Waals surface area contributed by atoms with Gasteiger partial charge < -0.3 is 5.32 Å². The molecule has 0 saturated heterocycles. The quantitative estimate of drug-likeness (QED) is 0.550. The van der Waals surface area contributed by atoms with Gasteiger partial charge in [0.2, 0.25) is 16.2 Å². The first kappa shape index (κ1) is 19.0. The van der Waals surface area contributed by atoms with Crippen molar-refractivity contribution in [3.63, 3.8) is 0 Å².